The first kappa shape index (κ1) is 18.8. The van der Waals surface area contributed by atoms with Crippen molar-refractivity contribution < 1.29 is 31.1 Å². The molecule has 3 nitrogen and oxygen atoms in total. The quantitative estimate of drug-likeness (QED) is 0.627. The maximum absolute atomic E-state index is 13.5. The first-order valence-electron chi connectivity index (χ1n) is 7.89. The van der Waals surface area contributed by atoms with Crippen molar-refractivity contribution in [2.75, 3.05) is 0 Å². The van der Waals surface area contributed by atoms with Crippen molar-refractivity contribution in [1.82, 2.24) is 0 Å². The smallest absolute Gasteiger partial charge is 0.376 e. The second-order valence-electron chi connectivity index (χ2n) is 6.55. The highest BCUT2D eigenvalue weighted by molar-refractivity contribution is 7.91. The SMILES string of the molecule is C[C@@](O)(c1ccc(S(=O)(=O)c2ccc(F)cc2C2CC2)cc1)C(F)(F)F. The predicted molar refractivity (Wildman–Crippen MR) is 85.9 cm³/mol. The fraction of sp³-hybridized carbons (Fsp3) is 0.333. The Morgan fingerprint density at radius 1 is 1.04 bits per heavy atom. The van der Waals surface area contributed by atoms with E-state index < -0.39 is 33.0 Å². The molecule has 3 rings (SSSR count). The third kappa shape index (κ3) is 3.23. The number of sulfone groups is 1. The summed E-state index contributed by atoms with van der Waals surface area (Å²) < 4.78 is 77.9. The molecule has 1 saturated carbocycles. The Morgan fingerprint density at radius 3 is 2.12 bits per heavy atom. The second kappa shape index (κ2) is 6.06. The molecule has 1 N–H and O–H groups in total. The Balaban J connectivity index is 2.02. The molecule has 0 radical (unpaired) electrons. The van der Waals surface area contributed by atoms with Gasteiger partial charge in [0, 0.05) is 0 Å². The van der Waals surface area contributed by atoms with Crippen LogP contribution in [0.3, 0.4) is 0 Å². The summed E-state index contributed by atoms with van der Waals surface area (Å²) in [5.74, 6) is -0.567. The van der Waals surface area contributed by atoms with Crippen LogP contribution in [0.25, 0.3) is 0 Å². The molecule has 140 valence electrons. The zero-order valence-corrected chi connectivity index (χ0v) is 14.5. The van der Waals surface area contributed by atoms with Gasteiger partial charge in [0.2, 0.25) is 9.84 Å². The van der Waals surface area contributed by atoms with Crippen LogP contribution in [0.2, 0.25) is 0 Å². The van der Waals surface area contributed by atoms with Crippen molar-refractivity contribution in [3.8, 4) is 0 Å². The van der Waals surface area contributed by atoms with E-state index in [0.717, 1.165) is 43.2 Å². The van der Waals surface area contributed by atoms with Crippen molar-refractivity contribution in [3.63, 3.8) is 0 Å². The van der Waals surface area contributed by atoms with Gasteiger partial charge >= 0.3 is 6.18 Å². The minimum Gasteiger partial charge on any atom is -0.376 e. The van der Waals surface area contributed by atoms with Gasteiger partial charge in [-0.15, -0.1) is 0 Å². The van der Waals surface area contributed by atoms with E-state index in [0.29, 0.717) is 12.5 Å². The first-order chi connectivity index (χ1) is 11.9. The number of aliphatic hydroxyl groups is 1. The summed E-state index contributed by atoms with van der Waals surface area (Å²) in [6.45, 7) is 0.599. The first-order valence-corrected chi connectivity index (χ1v) is 9.37. The van der Waals surface area contributed by atoms with E-state index in [1.807, 2.05) is 0 Å². The van der Waals surface area contributed by atoms with Gasteiger partial charge in [0.25, 0.3) is 0 Å². The summed E-state index contributed by atoms with van der Waals surface area (Å²) in [5.41, 5.74) is -3.17. The molecule has 0 aliphatic heterocycles. The number of rotatable bonds is 4. The summed E-state index contributed by atoms with van der Waals surface area (Å²) in [7, 11) is -4.02. The molecule has 0 aromatic heterocycles. The number of alkyl halides is 3. The van der Waals surface area contributed by atoms with Crippen LogP contribution in [0.15, 0.2) is 52.3 Å². The lowest BCUT2D eigenvalue weighted by Gasteiger charge is -2.26. The van der Waals surface area contributed by atoms with Crippen molar-refractivity contribution in [2.24, 2.45) is 0 Å². The van der Waals surface area contributed by atoms with E-state index in [1.165, 1.54) is 12.1 Å². The molecule has 0 saturated heterocycles. The van der Waals surface area contributed by atoms with Gasteiger partial charge in [0.1, 0.15) is 5.82 Å². The molecule has 0 amide bonds. The lowest BCUT2D eigenvalue weighted by molar-refractivity contribution is -0.258. The van der Waals surface area contributed by atoms with Crippen LogP contribution in [0, 0.1) is 5.82 Å². The van der Waals surface area contributed by atoms with Gasteiger partial charge in [-0.05, 0) is 67.1 Å². The molecule has 0 unspecified atom stereocenters. The highest BCUT2D eigenvalue weighted by Crippen LogP contribution is 2.44. The molecule has 8 heteroatoms. The van der Waals surface area contributed by atoms with Gasteiger partial charge in [-0.1, -0.05) is 12.1 Å². The van der Waals surface area contributed by atoms with Gasteiger partial charge in [-0.2, -0.15) is 13.2 Å². The lowest BCUT2D eigenvalue weighted by Crippen LogP contribution is -2.39. The van der Waals surface area contributed by atoms with Gasteiger partial charge in [0.15, 0.2) is 5.60 Å². The monoisotopic (exact) mass is 388 g/mol. The van der Waals surface area contributed by atoms with Crippen LogP contribution in [0.5, 0.6) is 0 Å². The highest BCUT2D eigenvalue weighted by Gasteiger charge is 2.51. The van der Waals surface area contributed by atoms with Crippen molar-refractivity contribution >= 4 is 9.84 Å². The van der Waals surface area contributed by atoms with E-state index in [2.05, 4.69) is 0 Å². The zero-order valence-electron chi connectivity index (χ0n) is 13.7. The van der Waals surface area contributed by atoms with Gasteiger partial charge in [0.05, 0.1) is 9.79 Å². The minimum atomic E-state index is -4.90. The topological polar surface area (TPSA) is 54.4 Å². The van der Waals surface area contributed by atoms with E-state index in [-0.39, 0.29) is 15.7 Å². The lowest BCUT2D eigenvalue weighted by atomic mass is 9.96. The maximum Gasteiger partial charge on any atom is 0.421 e. The fourth-order valence-corrected chi connectivity index (χ4v) is 4.26. The summed E-state index contributed by atoms with van der Waals surface area (Å²) in [6, 6.07) is 7.31. The molecule has 1 aliphatic rings. The third-order valence-electron chi connectivity index (χ3n) is 4.56. The Labute approximate surface area is 148 Å². The average Bonchev–Trinajstić information content (AvgIpc) is 3.38. The van der Waals surface area contributed by atoms with Crippen LogP contribution in [0.1, 0.15) is 36.8 Å². The summed E-state index contributed by atoms with van der Waals surface area (Å²) in [6.07, 6.45) is -3.37. The van der Waals surface area contributed by atoms with Crippen LogP contribution >= 0.6 is 0 Å². The fourth-order valence-electron chi connectivity index (χ4n) is 2.73. The van der Waals surface area contributed by atoms with Crippen molar-refractivity contribution in [3.05, 3.63) is 59.4 Å². The Kier molecular flexibility index (Phi) is 4.39. The Morgan fingerprint density at radius 2 is 1.62 bits per heavy atom. The van der Waals surface area contributed by atoms with Crippen molar-refractivity contribution in [1.29, 1.82) is 0 Å². The normalized spacial score (nSPS) is 17.8. The van der Waals surface area contributed by atoms with E-state index in [1.54, 1.807) is 0 Å². The van der Waals surface area contributed by atoms with Crippen LogP contribution < -0.4 is 0 Å². The number of halogens is 4. The highest BCUT2D eigenvalue weighted by atomic mass is 32.2. The Bertz CT molecular complexity index is 928. The van der Waals surface area contributed by atoms with Crippen molar-refractivity contribution in [2.45, 2.75) is 47.3 Å². The summed E-state index contributed by atoms with van der Waals surface area (Å²) >= 11 is 0. The third-order valence-corrected chi connectivity index (χ3v) is 6.40. The molecule has 1 fully saturated rings. The minimum absolute atomic E-state index is 0.0271. The van der Waals surface area contributed by atoms with Crippen LogP contribution in [-0.2, 0) is 15.4 Å². The van der Waals surface area contributed by atoms with Gasteiger partial charge < -0.3 is 5.11 Å². The molecular weight excluding hydrogens is 372 g/mol. The number of hydrogen-bond donors (Lipinski definition) is 1. The number of benzene rings is 2. The van der Waals surface area contributed by atoms with E-state index >= 15 is 0 Å². The maximum atomic E-state index is 13.5. The molecule has 0 heterocycles. The van der Waals surface area contributed by atoms with Crippen LogP contribution in [0.4, 0.5) is 17.6 Å². The standard InChI is InChI=1S/C18H16F4O3S/c1-17(23,18(20,21)22)12-4-7-14(8-5-12)26(24,25)16-9-6-13(19)10-15(16)11-2-3-11/h4-11,23H,2-3H2,1H3/t17-/m1/s1. The van der Waals surface area contributed by atoms with E-state index in [9.17, 15) is 31.1 Å². The molecule has 0 spiro atoms. The molecule has 1 aliphatic carbocycles. The molecule has 0 bridgehead atoms. The molecular formula is C18H16F4O3S. The zero-order chi connectivity index (χ0) is 19.3. The Hall–Kier alpha value is -1.93. The second-order valence-corrected chi connectivity index (χ2v) is 8.47. The molecule has 2 aromatic rings. The molecule has 1 atom stereocenters. The largest absolute Gasteiger partial charge is 0.421 e. The van der Waals surface area contributed by atoms with Crippen LogP contribution in [-0.4, -0.2) is 19.7 Å². The summed E-state index contributed by atoms with van der Waals surface area (Å²) in [4.78, 5) is -0.260. The number of hydrogen-bond acceptors (Lipinski definition) is 3. The van der Waals surface area contributed by atoms with Gasteiger partial charge in [-0.25, -0.2) is 12.8 Å². The predicted octanol–water partition coefficient (Wildman–Crippen LogP) is 4.31. The van der Waals surface area contributed by atoms with E-state index in [4.69, 9.17) is 0 Å². The molecule has 2 aromatic carbocycles. The molecule has 26 heavy (non-hydrogen) atoms. The van der Waals surface area contributed by atoms with Gasteiger partial charge in [-0.3, -0.25) is 0 Å². The average molecular weight is 388 g/mol. The summed E-state index contributed by atoms with van der Waals surface area (Å²) in [5, 5.41) is 9.67.